The number of aromatic nitrogens is 2. The molecule has 25 heavy (non-hydrogen) atoms. The Hall–Kier alpha value is -1.40. The van der Waals surface area contributed by atoms with E-state index in [1.807, 2.05) is 11.2 Å². The van der Waals surface area contributed by atoms with Crippen molar-refractivity contribution in [1.29, 1.82) is 0 Å². The molecule has 1 saturated carbocycles. The zero-order valence-corrected chi connectivity index (χ0v) is 15.2. The van der Waals surface area contributed by atoms with E-state index < -0.39 is 0 Å². The van der Waals surface area contributed by atoms with Gasteiger partial charge in [-0.2, -0.15) is 0 Å². The van der Waals surface area contributed by atoms with Crippen molar-refractivity contribution < 1.29 is 14.3 Å². The molecule has 1 aromatic rings. The van der Waals surface area contributed by atoms with Gasteiger partial charge in [0.25, 0.3) is 0 Å². The highest BCUT2D eigenvalue weighted by Crippen LogP contribution is 2.34. The molecule has 6 nitrogen and oxygen atoms in total. The van der Waals surface area contributed by atoms with Crippen LogP contribution in [0.15, 0.2) is 6.33 Å². The minimum atomic E-state index is 0.122. The van der Waals surface area contributed by atoms with Crippen LogP contribution in [0.3, 0.4) is 0 Å². The molecule has 0 bridgehead atoms. The predicted molar refractivity (Wildman–Crippen MR) is 93.1 cm³/mol. The van der Waals surface area contributed by atoms with E-state index in [-0.39, 0.29) is 11.8 Å². The molecule has 1 atom stereocenters. The first-order chi connectivity index (χ1) is 12.2. The van der Waals surface area contributed by atoms with Crippen molar-refractivity contribution in [2.45, 2.75) is 51.6 Å². The van der Waals surface area contributed by atoms with E-state index >= 15 is 0 Å². The first kappa shape index (κ1) is 17.0. The Labute approximate surface area is 149 Å². The molecule has 1 unspecified atom stereocenters. The van der Waals surface area contributed by atoms with Gasteiger partial charge in [-0.25, -0.2) is 4.98 Å². The van der Waals surface area contributed by atoms with Crippen LogP contribution in [0.1, 0.15) is 49.9 Å². The number of ether oxygens (including phenoxy) is 2. The van der Waals surface area contributed by atoms with Crippen LogP contribution in [0, 0.1) is 11.8 Å². The molecule has 3 aliphatic rings. The van der Waals surface area contributed by atoms with Crippen LogP contribution < -0.4 is 0 Å². The Morgan fingerprint density at radius 3 is 2.76 bits per heavy atom. The number of carbonyl (C=O) groups is 1. The number of amides is 1. The van der Waals surface area contributed by atoms with Crippen LogP contribution >= 0.6 is 0 Å². The summed E-state index contributed by atoms with van der Waals surface area (Å²) in [6.07, 6.45) is 6.82. The van der Waals surface area contributed by atoms with Gasteiger partial charge in [0.05, 0.1) is 25.2 Å². The molecule has 2 aliphatic heterocycles. The third-order valence-electron chi connectivity index (χ3n) is 5.74. The lowest BCUT2D eigenvalue weighted by Gasteiger charge is -2.33. The molecule has 3 heterocycles. The van der Waals surface area contributed by atoms with Gasteiger partial charge in [0.15, 0.2) is 0 Å². The van der Waals surface area contributed by atoms with Crippen molar-refractivity contribution in [3.8, 4) is 0 Å². The second kappa shape index (κ2) is 7.46. The third kappa shape index (κ3) is 4.06. The summed E-state index contributed by atoms with van der Waals surface area (Å²) in [6.45, 7) is 7.27. The van der Waals surface area contributed by atoms with E-state index in [0.717, 1.165) is 57.4 Å². The normalized spacial score (nSPS) is 24.4. The van der Waals surface area contributed by atoms with Gasteiger partial charge in [0.2, 0.25) is 5.91 Å². The number of carbonyl (C=O) groups excluding carboxylic acids is 1. The lowest BCUT2D eigenvalue weighted by Crippen LogP contribution is -2.39. The second-order valence-electron chi connectivity index (χ2n) is 7.86. The Morgan fingerprint density at radius 1 is 1.24 bits per heavy atom. The first-order valence-corrected chi connectivity index (χ1v) is 9.65. The number of rotatable bonds is 6. The summed E-state index contributed by atoms with van der Waals surface area (Å²) in [5, 5.41) is 0. The molecule has 0 spiro atoms. The zero-order valence-electron chi connectivity index (χ0n) is 15.2. The smallest absolute Gasteiger partial charge is 0.219 e. The van der Waals surface area contributed by atoms with Crippen LogP contribution in [0.2, 0.25) is 0 Å². The number of hydrogen-bond acceptors (Lipinski definition) is 4. The molecule has 6 heteroatoms. The number of fused-ring (bicyclic) bond motifs is 1. The minimum Gasteiger partial charge on any atom is -0.381 e. The minimum absolute atomic E-state index is 0.122. The van der Waals surface area contributed by atoms with Crippen LogP contribution in [0.25, 0.3) is 0 Å². The van der Waals surface area contributed by atoms with Crippen LogP contribution in [-0.4, -0.2) is 53.3 Å². The summed E-state index contributed by atoms with van der Waals surface area (Å²) in [4.78, 5) is 18.4. The van der Waals surface area contributed by atoms with E-state index in [4.69, 9.17) is 9.47 Å². The Kier molecular flexibility index (Phi) is 5.08. The molecule has 0 N–H and O–H groups in total. The van der Waals surface area contributed by atoms with Crippen LogP contribution in [-0.2, 0) is 27.4 Å². The van der Waals surface area contributed by atoms with E-state index in [2.05, 4.69) is 9.55 Å². The average molecular weight is 347 g/mol. The average Bonchev–Trinajstić information content (AvgIpc) is 3.34. The molecule has 0 aromatic carbocycles. The van der Waals surface area contributed by atoms with Crippen molar-refractivity contribution in [3.05, 3.63) is 17.7 Å². The van der Waals surface area contributed by atoms with E-state index in [1.165, 1.54) is 18.5 Å². The summed E-state index contributed by atoms with van der Waals surface area (Å²) >= 11 is 0. The number of nitrogens with zero attached hydrogens (tertiary/aromatic N) is 3. The van der Waals surface area contributed by atoms with Crippen molar-refractivity contribution >= 4 is 5.91 Å². The molecule has 2 fully saturated rings. The van der Waals surface area contributed by atoms with Gasteiger partial charge in [0.1, 0.15) is 0 Å². The van der Waals surface area contributed by atoms with Gasteiger partial charge in [-0.15, -0.1) is 0 Å². The molecule has 138 valence electrons. The number of hydrogen-bond donors (Lipinski definition) is 0. The molecule has 4 rings (SSSR count). The largest absolute Gasteiger partial charge is 0.381 e. The monoisotopic (exact) mass is 347 g/mol. The highest BCUT2D eigenvalue weighted by atomic mass is 16.5. The fourth-order valence-corrected chi connectivity index (χ4v) is 4.01. The van der Waals surface area contributed by atoms with Gasteiger partial charge in [0, 0.05) is 51.4 Å². The van der Waals surface area contributed by atoms with Crippen LogP contribution in [0.4, 0.5) is 0 Å². The number of imidazole rings is 1. The fourth-order valence-electron chi connectivity index (χ4n) is 4.01. The highest BCUT2D eigenvalue weighted by Gasteiger charge is 2.33. The zero-order chi connectivity index (χ0) is 17.2. The molecule has 1 aromatic heterocycles. The SMILES string of the molecule is CC(=O)N1Cc2ncn(CC3CC3)c2C(COCC2CCOCC2)C1. The fraction of sp³-hybridized carbons (Fsp3) is 0.789. The summed E-state index contributed by atoms with van der Waals surface area (Å²) in [5.41, 5.74) is 2.36. The van der Waals surface area contributed by atoms with Gasteiger partial charge < -0.3 is 18.9 Å². The molecule has 1 saturated heterocycles. The molecule has 1 aliphatic carbocycles. The van der Waals surface area contributed by atoms with Crippen molar-refractivity contribution in [1.82, 2.24) is 14.5 Å². The van der Waals surface area contributed by atoms with Gasteiger partial charge in [-0.3, -0.25) is 4.79 Å². The van der Waals surface area contributed by atoms with E-state index in [0.29, 0.717) is 19.1 Å². The second-order valence-corrected chi connectivity index (χ2v) is 7.86. The van der Waals surface area contributed by atoms with Crippen molar-refractivity contribution in [2.24, 2.45) is 11.8 Å². The maximum Gasteiger partial charge on any atom is 0.219 e. The van der Waals surface area contributed by atoms with Gasteiger partial charge in [-0.1, -0.05) is 0 Å². The first-order valence-electron chi connectivity index (χ1n) is 9.65. The maximum absolute atomic E-state index is 11.9. The Balaban J connectivity index is 1.43. The maximum atomic E-state index is 11.9. The molecular weight excluding hydrogens is 318 g/mol. The Morgan fingerprint density at radius 2 is 2.04 bits per heavy atom. The van der Waals surface area contributed by atoms with E-state index in [9.17, 15) is 4.79 Å². The molecular formula is C19H29N3O3. The quantitative estimate of drug-likeness (QED) is 0.791. The van der Waals surface area contributed by atoms with Crippen LogP contribution in [0.5, 0.6) is 0 Å². The molecule has 1 amide bonds. The van der Waals surface area contributed by atoms with Crippen molar-refractivity contribution in [2.75, 3.05) is 33.0 Å². The lowest BCUT2D eigenvalue weighted by atomic mass is 9.98. The third-order valence-corrected chi connectivity index (χ3v) is 5.74. The highest BCUT2D eigenvalue weighted by molar-refractivity contribution is 5.73. The Bertz CT molecular complexity index is 605. The predicted octanol–water partition coefficient (Wildman–Crippen LogP) is 2.18. The molecule has 0 radical (unpaired) electrons. The van der Waals surface area contributed by atoms with Crippen molar-refractivity contribution in [3.63, 3.8) is 0 Å². The lowest BCUT2D eigenvalue weighted by molar-refractivity contribution is -0.130. The standard InChI is InChI=1S/C19H29N3O3/c1-14(23)21-9-17(12-25-11-16-4-6-24-7-5-16)19-18(10-21)20-13-22(19)8-15-2-3-15/h13,15-17H,2-12H2,1H3. The summed E-state index contributed by atoms with van der Waals surface area (Å²) in [6, 6.07) is 0. The van der Waals surface area contributed by atoms with E-state index in [1.54, 1.807) is 6.92 Å². The summed E-state index contributed by atoms with van der Waals surface area (Å²) in [7, 11) is 0. The van der Waals surface area contributed by atoms with Gasteiger partial charge >= 0.3 is 0 Å². The topological polar surface area (TPSA) is 56.6 Å². The summed E-state index contributed by atoms with van der Waals surface area (Å²) < 4.78 is 13.9. The van der Waals surface area contributed by atoms with Gasteiger partial charge in [-0.05, 0) is 37.5 Å². The summed E-state index contributed by atoms with van der Waals surface area (Å²) in [5.74, 6) is 1.77.